The minimum atomic E-state index is -0.0489. The molecule has 1 unspecified atom stereocenters. The smallest absolute Gasteiger partial charge is 0.255 e. The highest BCUT2D eigenvalue weighted by molar-refractivity contribution is 9.10. The minimum absolute atomic E-state index is 0.0285. The third kappa shape index (κ3) is 3.88. The third-order valence-electron chi connectivity index (χ3n) is 3.83. The number of rotatable bonds is 3. The van der Waals surface area contributed by atoms with E-state index in [9.17, 15) is 4.79 Å². The van der Waals surface area contributed by atoms with Gasteiger partial charge < -0.3 is 9.64 Å². The van der Waals surface area contributed by atoms with Gasteiger partial charge in [-0.1, -0.05) is 12.1 Å². The lowest BCUT2D eigenvalue weighted by Gasteiger charge is -2.32. The van der Waals surface area contributed by atoms with Crippen molar-refractivity contribution in [3.05, 3.63) is 52.1 Å². The Bertz CT molecular complexity index is 690. The summed E-state index contributed by atoms with van der Waals surface area (Å²) < 4.78 is 6.69. The molecule has 1 aliphatic rings. The maximum Gasteiger partial charge on any atom is 0.255 e. The molecule has 6 heteroatoms. The summed E-state index contributed by atoms with van der Waals surface area (Å²) in [6, 6.07) is 11.2. The van der Waals surface area contributed by atoms with E-state index in [4.69, 9.17) is 4.74 Å². The van der Waals surface area contributed by atoms with Gasteiger partial charge in [0.2, 0.25) is 5.88 Å². The predicted octanol–water partition coefficient (Wildman–Crippen LogP) is 3.23. The molecule has 2 aromatic rings. The predicted molar refractivity (Wildman–Crippen MR) is 90.5 cm³/mol. The number of carbonyl (C=O) groups is 1. The van der Waals surface area contributed by atoms with Crippen molar-refractivity contribution in [2.45, 2.75) is 25.9 Å². The van der Waals surface area contributed by atoms with Crippen LogP contribution in [0.1, 0.15) is 28.9 Å². The van der Waals surface area contributed by atoms with Crippen molar-refractivity contribution in [3.8, 4) is 5.88 Å². The van der Waals surface area contributed by atoms with E-state index in [1.165, 1.54) is 0 Å². The van der Waals surface area contributed by atoms with Gasteiger partial charge >= 0.3 is 0 Å². The quantitative estimate of drug-likeness (QED) is 0.826. The molecule has 1 aromatic carbocycles. The Labute approximate surface area is 143 Å². The Kier molecular flexibility index (Phi) is 4.91. The molecule has 1 saturated heterocycles. The Morgan fingerprint density at radius 1 is 1.26 bits per heavy atom. The van der Waals surface area contributed by atoms with Crippen LogP contribution >= 0.6 is 15.9 Å². The number of piperidine rings is 1. The summed E-state index contributed by atoms with van der Waals surface area (Å²) in [7, 11) is 0. The number of aromatic nitrogens is 2. The summed E-state index contributed by atoms with van der Waals surface area (Å²) in [5.41, 5.74) is 1.54. The van der Waals surface area contributed by atoms with Gasteiger partial charge in [-0.3, -0.25) is 4.79 Å². The average Bonchev–Trinajstić information content (AvgIpc) is 2.57. The van der Waals surface area contributed by atoms with E-state index >= 15 is 0 Å². The molecule has 1 aliphatic heterocycles. The Morgan fingerprint density at radius 3 is 2.83 bits per heavy atom. The maximum absolute atomic E-state index is 12.7. The molecule has 5 nitrogen and oxygen atoms in total. The largest absolute Gasteiger partial charge is 0.471 e. The molecule has 1 aromatic heterocycles. The van der Waals surface area contributed by atoms with Crippen LogP contribution in [0, 0.1) is 6.92 Å². The Hall–Kier alpha value is -1.95. The lowest BCUT2D eigenvalue weighted by atomic mass is 10.1. The van der Waals surface area contributed by atoms with E-state index in [1.807, 2.05) is 48.2 Å². The number of carbonyl (C=O) groups excluding carboxylic acids is 1. The first-order valence-electron chi connectivity index (χ1n) is 7.64. The molecule has 0 N–H and O–H groups in total. The van der Waals surface area contributed by atoms with Crippen molar-refractivity contribution in [2.75, 3.05) is 13.1 Å². The normalized spacial score (nSPS) is 17.8. The lowest BCUT2D eigenvalue weighted by Crippen LogP contribution is -2.44. The van der Waals surface area contributed by atoms with Gasteiger partial charge in [-0.05, 0) is 53.9 Å². The van der Waals surface area contributed by atoms with Crippen LogP contribution in [0.15, 0.2) is 40.9 Å². The number of amides is 1. The van der Waals surface area contributed by atoms with Crippen LogP contribution in [0.5, 0.6) is 5.88 Å². The number of ether oxygens (including phenoxy) is 1. The number of nitrogens with zero attached hydrogens (tertiary/aromatic N) is 3. The molecular formula is C17H18BrN3O2. The second-order valence-corrected chi connectivity index (χ2v) is 6.48. The average molecular weight is 376 g/mol. The van der Waals surface area contributed by atoms with Crippen LogP contribution < -0.4 is 4.74 Å². The van der Waals surface area contributed by atoms with E-state index in [1.54, 1.807) is 0 Å². The maximum atomic E-state index is 12.7. The standard InChI is InChI=1S/C17H18BrN3O2/c1-12-8-9-16(20-19-12)23-13-5-4-10-21(11-13)17(22)14-6-2-3-7-15(14)18/h2-3,6-9,13H,4-5,10-11H2,1H3. The van der Waals surface area contributed by atoms with Gasteiger partial charge in [0.1, 0.15) is 6.10 Å². The van der Waals surface area contributed by atoms with Crippen LogP contribution in [-0.4, -0.2) is 40.2 Å². The van der Waals surface area contributed by atoms with E-state index in [0.717, 1.165) is 29.6 Å². The summed E-state index contributed by atoms with van der Waals surface area (Å²) in [6.07, 6.45) is 1.78. The van der Waals surface area contributed by atoms with Crippen LogP contribution in [0.2, 0.25) is 0 Å². The minimum Gasteiger partial charge on any atom is -0.471 e. The lowest BCUT2D eigenvalue weighted by molar-refractivity contribution is 0.0524. The Balaban J connectivity index is 1.67. The van der Waals surface area contributed by atoms with E-state index in [-0.39, 0.29) is 12.0 Å². The first-order chi connectivity index (χ1) is 11.1. The summed E-state index contributed by atoms with van der Waals surface area (Å²) in [4.78, 5) is 14.5. The van der Waals surface area contributed by atoms with Gasteiger partial charge in [-0.25, -0.2) is 0 Å². The zero-order valence-electron chi connectivity index (χ0n) is 12.9. The molecule has 0 saturated carbocycles. The third-order valence-corrected chi connectivity index (χ3v) is 4.52. The van der Waals surface area contributed by atoms with Gasteiger partial charge in [0.25, 0.3) is 5.91 Å². The molecule has 0 aliphatic carbocycles. The van der Waals surface area contributed by atoms with Crippen LogP contribution in [0.25, 0.3) is 0 Å². The highest BCUT2D eigenvalue weighted by Crippen LogP contribution is 2.22. The number of likely N-dealkylation sites (tertiary alicyclic amines) is 1. The van der Waals surface area contributed by atoms with Gasteiger partial charge in [0, 0.05) is 17.1 Å². The van der Waals surface area contributed by atoms with Crippen molar-refractivity contribution in [1.82, 2.24) is 15.1 Å². The fourth-order valence-corrected chi connectivity index (χ4v) is 3.10. The fraction of sp³-hybridized carbons (Fsp3) is 0.353. The summed E-state index contributed by atoms with van der Waals surface area (Å²) >= 11 is 3.44. The van der Waals surface area contributed by atoms with Gasteiger partial charge in [-0.2, -0.15) is 5.10 Å². The van der Waals surface area contributed by atoms with Crippen molar-refractivity contribution < 1.29 is 9.53 Å². The molecule has 1 fully saturated rings. The number of aryl methyl sites for hydroxylation is 1. The van der Waals surface area contributed by atoms with Crippen molar-refractivity contribution in [3.63, 3.8) is 0 Å². The molecule has 1 amide bonds. The molecule has 0 spiro atoms. The van der Waals surface area contributed by atoms with Crippen LogP contribution in [-0.2, 0) is 0 Å². The number of halogens is 1. The SMILES string of the molecule is Cc1ccc(OC2CCCN(C(=O)c3ccccc3Br)C2)nn1. The summed E-state index contributed by atoms with van der Waals surface area (Å²) in [6.45, 7) is 3.20. The van der Waals surface area contributed by atoms with Crippen LogP contribution in [0.4, 0.5) is 0 Å². The Morgan fingerprint density at radius 2 is 2.09 bits per heavy atom. The van der Waals surface area contributed by atoms with Crippen molar-refractivity contribution >= 4 is 21.8 Å². The molecule has 3 rings (SSSR count). The zero-order chi connectivity index (χ0) is 16.2. The molecule has 0 bridgehead atoms. The van der Waals surface area contributed by atoms with Crippen molar-refractivity contribution in [1.29, 1.82) is 0 Å². The van der Waals surface area contributed by atoms with Gasteiger partial charge in [0.15, 0.2) is 0 Å². The highest BCUT2D eigenvalue weighted by Gasteiger charge is 2.26. The number of hydrogen-bond donors (Lipinski definition) is 0. The van der Waals surface area contributed by atoms with Gasteiger partial charge in [0.05, 0.1) is 17.8 Å². The van der Waals surface area contributed by atoms with Crippen molar-refractivity contribution in [2.24, 2.45) is 0 Å². The highest BCUT2D eigenvalue weighted by atomic mass is 79.9. The van der Waals surface area contributed by atoms with Crippen LogP contribution in [0.3, 0.4) is 0 Å². The number of benzene rings is 1. The second-order valence-electron chi connectivity index (χ2n) is 5.63. The van der Waals surface area contributed by atoms with E-state index < -0.39 is 0 Å². The first kappa shape index (κ1) is 15.9. The summed E-state index contributed by atoms with van der Waals surface area (Å²) in [5.74, 6) is 0.538. The van der Waals surface area contributed by atoms with E-state index in [0.29, 0.717) is 18.0 Å². The molecule has 120 valence electrons. The molecule has 23 heavy (non-hydrogen) atoms. The zero-order valence-corrected chi connectivity index (χ0v) is 14.5. The second kappa shape index (κ2) is 7.08. The fourth-order valence-electron chi connectivity index (χ4n) is 2.64. The topological polar surface area (TPSA) is 55.3 Å². The summed E-state index contributed by atoms with van der Waals surface area (Å²) in [5, 5.41) is 8.03. The van der Waals surface area contributed by atoms with Gasteiger partial charge in [-0.15, -0.1) is 5.10 Å². The molecular weight excluding hydrogens is 358 g/mol. The number of hydrogen-bond acceptors (Lipinski definition) is 4. The first-order valence-corrected chi connectivity index (χ1v) is 8.43. The molecule has 2 heterocycles. The molecule has 0 radical (unpaired) electrons. The van der Waals surface area contributed by atoms with E-state index in [2.05, 4.69) is 26.1 Å². The monoisotopic (exact) mass is 375 g/mol. The molecule has 1 atom stereocenters.